The van der Waals surface area contributed by atoms with E-state index in [4.69, 9.17) is 0 Å². The summed E-state index contributed by atoms with van der Waals surface area (Å²) in [6, 6.07) is 0. The van der Waals surface area contributed by atoms with Gasteiger partial charge in [-0.05, 0) is 38.7 Å². The molecule has 2 bridgehead atoms. The fourth-order valence-electron chi connectivity index (χ4n) is 4.77. The molecule has 3 fully saturated rings. The van der Waals surface area contributed by atoms with Gasteiger partial charge < -0.3 is 14.5 Å². The standard InChI is InChI=1S/C18H21F2N3O2.FH/c1-10-5-23(4)15(25)12-11(6-22(3)13(10)12)14(24)21-18-7-17(8-18,9-18)16(2,19)20;/h5-6H,7-9H2,1-4H3,(H,21,24);1H. The predicted molar refractivity (Wildman–Crippen MR) is 92.5 cm³/mol. The average molecular weight is 369 g/mol. The molecule has 8 heteroatoms. The number of alkyl halides is 2. The fraction of sp³-hybridized carbons (Fsp3) is 0.556. The van der Waals surface area contributed by atoms with Crippen LogP contribution in [0, 0.1) is 12.3 Å². The number of fused-ring (bicyclic) bond motifs is 1. The van der Waals surface area contributed by atoms with Gasteiger partial charge in [-0.3, -0.25) is 14.3 Å². The van der Waals surface area contributed by atoms with Crippen molar-refractivity contribution in [2.45, 2.75) is 44.6 Å². The highest BCUT2D eigenvalue weighted by atomic mass is 19.3. The third-order valence-electron chi connectivity index (χ3n) is 6.06. The largest absolute Gasteiger partial charge is 0.349 e. The van der Waals surface area contributed by atoms with Crippen molar-refractivity contribution in [2.75, 3.05) is 0 Å². The van der Waals surface area contributed by atoms with E-state index >= 15 is 0 Å². The summed E-state index contributed by atoms with van der Waals surface area (Å²) >= 11 is 0. The molecule has 2 heterocycles. The Bertz CT molecular complexity index is 964. The Kier molecular flexibility index (Phi) is 3.67. The van der Waals surface area contributed by atoms with E-state index in [-0.39, 0.29) is 16.2 Å². The van der Waals surface area contributed by atoms with Gasteiger partial charge in [0.25, 0.3) is 17.4 Å². The van der Waals surface area contributed by atoms with Crippen molar-refractivity contribution in [2.24, 2.45) is 19.5 Å². The molecular formula is C18H22F3N3O2. The molecule has 2 aromatic heterocycles. The molecule has 2 aromatic rings. The molecule has 1 N–H and O–H groups in total. The van der Waals surface area contributed by atoms with Crippen molar-refractivity contribution >= 4 is 16.8 Å². The van der Waals surface area contributed by atoms with Crippen molar-refractivity contribution in [3.05, 3.63) is 33.9 Å². The first-order valence-corrected chi connectivity index (χ1v) is 8.34. The summed E-state index contributed by atoms with van der Waals surface area (Å²) in [7, 11) is 3.44. The fourth-order valence-corrected chi connectivity index (χ4v) is 4.77. The van der Waals surface area contributed by atoms with Gasteiger partial charge in [-0.2, -0.15) is 0 Å². The number of pyridine rings is 1. The SMILES string of the molecule is Cc1cn(C)c(=O)c2c(C(=O)NC34CC(C(C)(F)F)(C3)C4)cn(C)c12.F. The molecule has 1 amide bonds. The van der Waals surface area contributed by atoms with Crippen LogP contribution in [0.2, 0.25) is 0 Å². The molecule has 3 saturated carbocycles. The van der Waals surface area contributed by atoms with E-state index in [2.05, 4.69) is 5.32 Å². The van der Waals surface area contributed by atoms with E-state index in [9.17, 15) is 18.4 Å². The van der Waals surface area contributed by atoms with Gasteiger partial charge in [0, 0.05) is 37.4 Å². The van der Waals surface area contributed by atoms with Crippen molar-refractivity contribution in [3.63, 3.8) is 0 Å². The Morgan fingerprint density at radius 3 is 2.31 bits per heavy atom. The second-order valence-corrected chi connectivity index (χ2v) is 8.04. The van der Waals surface area contributed by atoms with Gasteiger partial charge in [0.2, 0.25) is 0 Å². The van der Waals surface area contributed by atoms with Crippen molar-refractivity contribution in [3.8, 4) is 0 Å². The summed E-state index contributed by atoms with van der Waals surface area (Å²) in [4.78, 5) is 25.3. The first kappa shape index (κ1) is 18.5. The lowest BCUT2D eigenvalue weighted by molar-refractivity contribution is -0.273. The number of nitrogens with one attached hydrogen (secondary N) is 1. The molecule has 0 saturated heterocycles. The third-order valence-corrected chi connectivity index (χ3v) is 6.06. The summed E-state index contributed by atoms with van der Waals surface area (Å²) in [5.74, 6) is -3.08. The van der Waals surface area contributed by atoms with Gasteiger partial charge in [0.05, 0.1) is 16.5 Å². The zero-order valence-corrected chi connectivity index (χ0v) is 15.2. The lowest BCUT2D eigenvalue weighted by Crippen LogP contribution is -2.78. The minimum atomic E-state index is -2.72. The Balaban J connectivity index is 0.00000196. The van der Waals surface area contributed by atoms with E-state index in [0.29, 0.717) is 30.2 Å². The molecule has 3 aliphatic carbocycles. The molecule has 0 unspecified atom stereocenters. The Hall–Kier alpha value is -2.25. The third kappa shape index (κ3) is 2.17. The number of carbonyl (C=O) groups is 1. The van der Waals surface area contributed by atoms with Crippen LogP contribution in [0.15, 0.2) is 17.2 Å². The van der Waals surface area contributed by atoms with Crippen LogP contribution < -0.4 is 10.9 Å². The molecule has 5 rings (SSSR count). The lowest BCUT2D eigenvalue weighted by atomic mass is 9.37. The van der Waals surface area contributed by atoms with Crippen molar-refractivity contribution in [1.82, 2.24) is 14.5 Å². The average Bonchev–Trinajstić information content (AvgIpc) is 2.75. The Labute approximate surface area is 148 Å². The van der Waals surface area contributed by atoms with Crippen LogP contribution in [0.3, 0.4) is 0 Å². The van der Waals surface area contributed by atoms with E-state index in [0.717, 1.165) is 18.0 Å². The van der Waals surface area contributed by atoms with E-state index in [1.807, 2.05) is 6.92 Å². The van der Waals surface area contributed by atoms with Gasteiger partial charge >= 0.3 is 0 Å². The monoisotopic (exact) mass is 369 g/mol. The van der Waals surface area contributed by atoms with Crippen molar-refractivity contribution < 1.29 is 18.3 Å². The number of rotatable bonds is 3. The van der Waals surface area contributed by atoms with Crippen LogP contribution in [0.1, 0.15) is 42.1 Å². The summed E-state index contributed by atoms with van der Waals surface area (Å²) < 4.78 is 30.5. The van der Waals surface area contributed by atoms with E-state index in [1.54, 1.807) is 31.1 Å². The minimum Gasteiger partial charge on any atom is -0.349 e. The second-order valence-electron chi connectivity index (χ2n) is 8.04. The second kappa shape index (κ2) is 5.14. The van der Waals surface area contributed by atoms with E-state index < -0.39 is 16.9 Å². The highest BCUT2D eigenvalue weighted by molar-refractivity contribution is 6.07. The maximum Gasteiger partial charge on any atom is 0.260 e. The lowest BCUT2D eigenvalue weighted by Gasteiger charge is -2.72. The maximum absolute atomic E-state index is 13.6. The van der Waals surface area contributed by atoms with Gasteiger partial charge in [-0.25, -0.2) is 8.78 Å². The molecule has 26 heavy (non-hydrogen) atoms. The Morgan fingerprint density at radius 2 is 1.77 bits per heavy atom. The molecule has 0 aromatic carbocycles. The summed E-state index contributed by atoms with van der Waals surface area (Å²) in [5, 5.41) is 3.29. The molecule has 0 aliphatic heterocycles. The number of halogens is 3. The maximum atomic E-state index is 13.6. The molecule has 0 radical (unpaired) electrons. The molecule has 5 nitrogen and oxygen atoms in total. The first-order valence-electron chi connectivity index (χ1n) is 8.34. The quantitative estimate of drug-likeness (QED) is 0.904. The molecule has 0 spiro atoms. The van der Waals surface area contributed by atoms with Crippen LogP contribution in [0.5, 0.6) is 0 Å². The zero-order chi connectivity index (χ0) is 18.4. The molecule has 0 atom stereocenters. The van der Waals surface area contributed by atoms with Crippen LogP contribution in [0.25, 0.3) is 10.9 Å². The van der Waals surface area contributed by atoms with Crippen LogP contribution >= 0.6 is 0 Å². The van der Waals surface area contributed by atoms with Crippen LogP contribution in [-0.2, 0) is 14.1 Å². The molecule has 3 aliphatic rings. The Morgan fingerprint density at radius 1 is 1.19 bits per heavy atom. The predicted octanol–water partition coefficient (Wildman–Crippen LogP) is 2.65. The number of amides is 1. The zero-order valence-electron chi connectivity index (χ0n) is 15.2. The summed E-state index contributed by atoms with van der Waals surface area (Å²) in [5.41, 5.74) is 0.208. The van der Waals surface area contributed by atoms with Gasteiger partial charge in [-0.15, -0.1) is 0 Å². The number of aryl methyl sites for hydroxylation is 3. The summed E-state index contributed by atoms with van der Waals surface area (Å²) in [6.45, 7) is 2.84. The van der Waals surface area contributed by atoms with Gasteiger partial charge in [0.15, 0.2) is 0 Å². The topological polar surface area (TPSA) is 56.0 Å². The highest BCUT2D eigenvalue weighted by Crippen LogP contribution is 2.72. The smallest absolute Gasteiger partial charge is 0.260 e. The van der Waals surface area contributed by atoms with Crippen LogP contribution in [0.4, 0.5) is 13.5 Å². The normalized spacial score (nSPS) is 26.7. The number of hydrogen-bond donors (Lipinski definition) is 1. The number of carbonyl (C=O) groups excluding carboxylic acids is 1. The van der Waals surface area contributed by atoms with Crippen LogP contribution in [-0.4, -0.2) is 26.5 Å². The first-order chi connectivity index (χ1) is 11.5. The highest BCUT2D eigenvalue weighted by Gasteiger charge is 2.76. The van der Waals surface area contributed by atoms with E-state index in [1.165, 1.54) is 4.57 Å². The number of hydrogen-bond acceptors (Lipinski definition) is 2. The number of aromatic nitrogens is 2. The molecule has 142 valence electrons. The van der Waals surface area contributed by atoms with Gasteiger partial charge in [-0.1, -0.05) is 0 Å². The minimum absolute atomic E-state index is 0. The van der Waals surface area contributed by atoms with Gasteiger partial charge in [0.1, 0.15) is 0 Å². The number of nitrogens with zero attached hydrogens (tertiary/aromatic N) is 2. The summed E-state index contributed by atoms with van der Waals surface area (Å²) in [6.07, 6.45) is 4.29. The molecular weight excluding hydrogens is 347 g/mol. The van der Waals surface area contributed by atoms with Crippen molar-refractivity contribution in [1.29, 1.82) is 0 Å².